The number of morpholine rings is 1. The summed E-state index contributed by atoms with van der Waals surface area (Å²) in [6, 6.07) is 0.283. The first-order chi connectivity index (χ1) is 9.99. The molecule has 3 N–H and O–H groups in total. The number of nitrogens with two attached hydrogens (primary N) is 1. The number of ether oxygens (including phenoxy) is 1. The summed E-state index contributed by atoms with van der Waals surface area (Å²) in [6.45, 7) is 9.16. The molecule has 0 bridgehead atoms. The average molecular weight is 426 g/mol. The standard InChI is InChI=1S/C15H30N4O2.HI/c1-12(2)5-4-6-13(3)18-15(16)17-11-14(20)19-7-9-21-10-8-19;/h12-13H,4-11H2,1-3H3,(H3,16,17,18);1H. The van der Waals surface area contributed by atoms with Crippen LogP contribution in [0, 0.1) is 5.92 Å². The summed E-state index contributed by atoms with van der Waals surface area (Å²) in [5.41, 5.74) is 5.83. The van der Waals surface area contributed by atoms with Crippen molar-refractivity contribution in [3.8, 4) is 0 Å². The van der Waals surface area contributed by atoms with Crippen molar-refractivity contribution in [1.29, 1.82) is 0 Å². The predicted octanol–water partition coefficient (Wildman–Crippen LogP) is 1.58. The third-order valence-corrected chi connectivity index (χ3v) is 3.56. The first-order valence-corrected chi connectivity index (χ1v) is 7.91. The van der Waals surface area contributed by atoms with Crippen LogP contribution in [-0.4, -0.2) is 55.7 Å². The molecule has 1 atom stereocenters. The normalized spacial score (nSPS) is 17.1. The van der Waals surface area contributed by atoms with Gasteiger partial charge in [0.15, 0.2) is 5.96 Å². The van der Waals surface area contributed by atoms with Gasteiger partial charge >= 0.3 is 0 Å². The van der Waals surface area contributed by atoms with E-state index in [1.54, 1.807) is 4.90 Å². The molecular formula is C15H31IN4O2. The van der Waals surface area contributed by atoms with Crippen molar-refractivity contribution < 1.29 is 9.53 Å². The van der Waals surface area contributed by atoms with Gasteiger partial charge < -0.3 is 20.7 Å². The molecule has 1 saturated heterocycles. The average Bonchev–Trinajstić information content (AvgIpc) is 2.45. The number of carbonyl (C=O) groups excluding carboxylic acids is 1. The van der Waals surface area contributed by atoms with Gasteiger partial charge in [-0.15, -0.1) is 24.0 Å². The van der Waals surface area contributed by atoms with Crippen LogP contribution >= 0.6 is 24.0 Å². The van der Waals surface area contributed by atoms with Crippen molar-refractivity contribution in [2.45, 2.75) is 46.1 Å². The summed E-state index contributed by atoms with van der Waals surface area (Å²) in [5.74, 6) is 1.10. The molecule has 0 aromatic heterocycles. The van der Waals surface area contributed by atoms with E-state index in [2.05, 4.69) is 31.1 Å². The first kappa shape index (κ1) is 21.4. The molecule has 6 nitrogen and oxygen atoms in total. The maximum Gasteiger partial charge on any atom is 0.244 e. The van der Waals surface area contributed by atoms with Crippen LogP contribution < -0.4 is 11.1 Å². The maximum absolute atomic E-state index is 11.9. The van der Waals surface area contributed by atoms with Crippen LogP contribution in [0.5, 0.6) is 0 Å². The van der Waals surface area contributed by atoms with Crippen molar-refractivity contribution in [2.75, 3.05) is 32.8 Å². The molecule has 1 unspecified atom stereocenters. The zero-order valence-corrected chi connectivity index (χ0v) is 16.3. The highest BCUT2D eigenvalue weighted by atomic mass is 127. The topological polar surface area (TPSA) is 79.9 Å². The Kier molecular flexibility index (Phi) is 11.6. The van der Waals surface area contributed by atoms with Gasteiger partial charge in [0.2, 0.25) is 5.91 Å². The van der Waals surface area contributed by atoms with Crippen molar-refractivity contribution in [3.63, 3.8) is 0 Å². The van der Waals surface area contributed by atoms with Gasteiger partial charge in [0.05, 0.1) is 13.2 Å². The molecule has 130 valence electrons. The number of rotatable bonds is 7. The smallest absolute Gasteiger partial charge is 0.244 e. The molecule has 0 aromatic rings. The number of hydrogen-bond donors (Lipinski definition) is 2. The SMILES string of the molecule is CC(C)CCCC(C)NC(N)=NCC(=O)N1CCOCC1.I. The van der Waals surface area contributed by atoms with Gasteiger partial charge in [-0.3, -0.25) is 4.79 Å². The van der Waals surface area contributed by atoms with Gasteiger partial charge in [-0.1, -0.05) is 26.7 Å². The number of guanidine groups is 1. The molecule has 1 rings (SSSR count). The Balaban J connectivity index is 0.00000441. The van der Waals surface area contributed by atoms with Crippen LogP contribution in [-0.2, 0) is 9.53 Å². The highest BCUT2D eigenvalue weighted by Crippen LogP contribution is 2.08. The number of hydrogen-bond acceptors (Lipinski definition) is 3. The third-order valence-electron chi connectivity index (χ3n) is 3.56. The summed E-state index contributed by atoms with van der Waals surface area (Å²) >= 11 is 0. The Morgan fingerprint density at radius 3 is 2.50 bits per heavy atom. The molecular weight excluding hydrogens is 395 g/mol. The van der Waals surface area contributed by atoms with Gasteiger partial charge in [0, 0.05) is 19.1 Å². The van der Waals surface area contributed by atoms with Crippen molar-refractivity contribution in [2.24, 2.45) is 16.6 Å². The quantitative estimate of drug-likeness (QED) is 0.368. The minimum atomic E-state index is 0. The second-order valence-electron chi connectivity index (χ2n) is 6.06. The van der Waals surface area contributed by atoms with Gasteiger partial charge in [0.1, 0.15) is 6.54 Å². The van der Waals surface area contributed by atoms with E-state index < -0.39 is 0 Å². The van der Waals surface area contributed by atoms with Crippen LogP contribution in [0.4, 0.5) is 0 Å². The third kappa shape index (κ3) is 9.45. The number of nitrogens with zero attached hydrogens (tertiary/aromatic N) is 2. The molecule has 0 spiro atoms. The molecule has 0 aromatic carbocycles. The number of nitrogens with one attached hydrogen (secondary N) is 1. The zero-order valence-electron chi connectivity index (χ0n) is 14.0. The number of halogens is 1. The summed E-state index contributed by atoms with van der Waals surface area (Å²) < 4.78 is 5.22. The molecule has 0 saturated carbocycles. The van der Waals surface area contributed by atoms with Gasteiger partial charge in [-0.05, 0) is 19.3 Å². The van der Waals surface area contributed by atoms with Crippen LogP contribution in [0.25, 0.3) is 0 Å². The number of carbonyl (C=O) groups is 1. The Hall–Kier alpha value is -0.570. The summed E-state index contributed by atoms with van der Waals surface area (Å²) in [4.78, 5) is 17.8. The van der Waals surface area contributed by atoms with E-state index in [1.807, 2.05) is 0 Å². The van der Waals surface area contributed by atoms with E-state index in [-0.39, 0.29) is 42.5 Å². The van der Waals surface area contributed by atoms with Gasteiger partial charge in [-0.25, -0.2) is 4.99 Å². The fourth-order valence-corrected chi connectivity index (χ4v) is 2.27. The molecule has 7 heteroatoms. The minimum Gasteiger partial charge on any atom is -0.378 e. The Labute approximate surface area is 151 Å². The van der Waals surface area contributed by atoms with E-state index >= 15 is 0 Å². The molecule has 1 aliphatic rings. The molecule has 22 heavy (non-hydrogen) atoms. The predicted molar refractivity (Wildman–Crippen MR) is 101 cm³/mol. The Bertz CT molecular complexity index is 344. The Morgan fingerprint density at radius 2 is 1.91 bits per heavy atom. The second-order valence-corrected chi connectivity index (χ2v) is 6.06. The fraction of sp³-hybridized carbons (Fsp3) is 0.867. The van der Waals surface area contributed by atoms with Crippen molar-refractivity contribution in [1.82, 2.24) is 10.2 Å². The van der Waals surface area contributed by atoms with Crippen LogP contribution in [0.1, 0.15) is 40.0 Å². The maximum atomic E-state index is 11.9. The molecule has 0 aliphatic carbocycles. The molecule has 0 radical (unpaired) electrons. The first-order valence-electron chi connectivity index (χ1n) is 7.91. The van der Waals surface area contributed by atoms with Crippen LogP contribution in [0.3, 0.4) is 0 Å². The van der Waals surface area contributed by atoms with E-state index in [0.717, 1.165) is 12.3 Å². The monoisotopic (exact) mass is 426 g/mol. The van der Waals surface area contributed by atoms with Gasteiger partial charge in [-0.2, -0.15) is 0 Å². The zero-order chi connectivity index (χ0) is 15.7. The second kappa shape index (κ2) is 11.9. The lowest BCUT2D eigenvalue weighted by Crippen LogP contribution is -2.43. The van der Waals surface area contributed by atoms with E-state index in [9.17, 15) is 4.79 Å². The molecule has 1 fully saturated rings. The lowest BCUT2D eigenvalue weighted by molar-refractivity contribution is -0.133. The van der Waals surface area contributed by atoms with E-state index in [4.69, 9.17) is 10.5 Å². The summed E-state index contributed by atoms with van der Waals surface area (Å²) in [7, 11) is 0. The highest BCUT2D eigenvalue weighted by molar-refractivity contribution is 14.0. The fourth-order valence-electron chi connectivity index (χ4n) is 2.27. The largest absolute Gasteiger partial charge is 0.378 e. The summed E-state index contributed by atoms with van der Waals surface area (Å²) in [6.07, 6.45) is 3.45. The molecule has 1 heterocycles. The molecule has 1 aliphatic heterocycles. The lowest BCUT2D eigenvalue weighted by atomic mass is 10.0. The van der Waals surface area contributed by atoms with Crippen molar-refractivity contribution >= 4 is 35.8 Å². The van der Waals surface area contributed by atoms with Crippen LogP contribution in [0.2, 0.25) is 0 Å². The minimum absolute atomic E-state index is 0. The van der Waals surface area contributed by atoms with E-state index in [0.29, 0.717) is 32.3 Å². The molecule has 1 amide bonds. The number of amides is 1. The van der Waals surface area contributed by atoms with E-state index in [1.165, 1.54) is 12.8 Å². The van der Waals surface area contributed by atoms with Gasteiger partial charge in [0.25, 0.3) is 0 Å². The lowest BCUT2D eigenvalue weighted by Gasteiger charge is -2.26. The van der Waals surface area contributed by atoms with Crippen LogP contribution in [0.15, 0.2) is 4.99 Å². The highest BCUT2D eigenvalue weighted by Gasteiger charge is 2.16. The number of aliphatic imine (C=N–C) groups is 1. The van der Waals surface area contributed by atoms with Crippen molar-refractivity contribution in [3.05, 3.63) is 0 Å². The Morgan fingerprint density at radius 1 is 1.27 bits per heavy atom. The summed E-state index contributed by atoms with van der Waals surface area (Å²) in [5, 5.41) is 3.14.